The predicted molar refractivity (Wildman–Crippen MR) is 122 cm³/mol. The van der Waals surface area contributed by atoms with Crippen LogP contribution < -0.4 is 11.1 Å². The number of hydrogen-bond acceptors (Lipinski definition) is 7. The number of aliphatic carboxylic acids is 1. The van der Waals surface area contributed by atoms with Crippen molar-refractivity contribution in [1.82, 2.24) is 25.1 Å². The van der Waals surface area contributed by atoms with E-state index >= 15 is 0 Å². The fraction of sp³-hybridized carbons (Fsp3) is 0.667. The summed E-state index contributed by atoms with van der Waals surface area (Å²) in [5.41, 5.74) is 6.75. The molecule has 1 aromatic heterocycles. The van der Waals surface area contributed by atoms with Crippen molar-refractivity contribution in [3.63, 3.8) is 0 Å². The number of carbonyl (C=O) groups excluding carboxylic acids is 3. The van der Waals surface area contributed by atoms with Crippen LogP contribution in [0.4, 0.5) is 0 Å². The average molecular weight is 481 g/mol. The highest BCUT2D eigenvalue weighted by Gasteiger charge is 2.43. The number of hydrogen-bond donors (Lipinski definition) is 4. The normalized spacial score (nSPS) is 22.2. The standard InChI is InChI=1S/C21H32N6O5S/c1-33-9-6-15(25-18(28)14(22)10-13-11-23-12-24-13)19(29)26-7-2-4-16(26)20(30)27-8-3-5-17(27)21(31)32/h11-12,14-17H,2-10,22H2,1H3,(H,23,24)(H,25,28)(H,31,32). The lowest BCUT2D eigenvalue weighted by Crippen LogP contribution is -2.57. The fourth-order valence-electron chi connectivity index (χ4n) is 4.46. The van der Waals surface area contributed by atoms with Gasteiger partial charge in [-0.25, -0.2) is 9.78 Å². The first kappa shape index (κ1) is 25.0. The lowest BCUT2D eigenvalue weighted by molar-refractivity contribution is -0.152. The molecule has 0 bridgehead atoms. The minimum Gasteiger partial charge on any atom is -0.480 e. The minimum atomic E-state index is -1.02. The van der Waals surface area contributed by atoms with Crippen LogP contribution in [0.1, 0.15) is 37.8 Å². The summed E-state index contributed by atoms with van der Waals surface area (Å²) in [7, 11) is 0. The average Bonchev–Trinajstić information content (AvgIpc) is 3.56. The molecule has 0 aromatic carbocycles. The maximum absolute atomic E-state index is 13.4. The maximum Gasteiger partial charge on any atom is 0.326 e. The van der Waals surface area contributed by atoms with Crippen molar-refractivity contribution in [2.45, 2.75) is 62.7 Å². The van der Waals surface area contributed by atoms with E-state index < -0.39 is 36.0 Å². The summed E-state index contributed by atoms with van der Waals surface area (Å²) in [6, 6.07) is -3.21. The molecule has 12 heteroatoms. The van der Waals surface area contributed by atoms with Crippen molar-refractivity contribution >= 4 is 35.5 Å². The van der Waals surface area contributed by atoms with Gasteiger partial charge < -0.3 is 30.9 Å². The number of amides is 3. The number of carboxylic acids is 1. The number of H-pyrrole nitrogens is 1. The molecule has 3 rings (SSSR count). The molecule has 2 saturated heterocycles. The van der Waals surface area contributed by atoms with Crippen molar-refractivity contribution in [3.8, 4) is 0 Å². The summed E-state index contributed by atoms with van der Waals surface area (Å²) >= 11 is 1.55. The second-order valence-corrected chi connectivity index (χ2v) is 9.43. The zero-order chi connectivity index (χ0) is 24.0. The summed E-state index contributed by atoms with van der Waals surface area (Å²) in [6.07, 6.45) is 7.85. The number of nitrogens with two attached hydrogens (primary N) is 1. The van der Waals surface area contributed by atoms with Gasteiger partial charge in [0.05, 0.1) is 12.4 Å². The van der Waals surface area contributed by atoms with Crippen molar-refractivity contribution in [3.05, 3.63) is 18.2 Å². The molecule has 1 aromatic rings. The molecule has 5 N–H and O–H groups in total. The van der Waals surface area contributed by atoms with E-state index in [9.17, 15) is 24.3 Å². The Morgan fingerprint density at radius 1 is 1.24 bits per heavy atom. The lowest BCUT2D eigenvalue weighted by atomic mass is 10.1. The second kappa shape index (κ2) is 11.5. The molecule has 0 radical (unpaired) electrons. The van der Waals surface area contributed by atoms with E-state index in [2.05, 4.69) is 15.3 Å². The summed E-state index contributed by atoms with van der Waals surface area (Å²) in [5.74, 6) is -1.47. The van der Waals surface area contributed by atoms with Crippen LogP contribution in [0.2, 0.25) is 0 Å². The Morgan fingerprint density at radius 2 is 1.94 bits per heavy atom. The van der Waals surface area contributed by atoms with Gasteiger partial charge in [0.15, 0.2) is 0 Å². The highest BCUT2D eigenvalue weighted by atomic mass is 32.2. The van der Waals surface area contributed by atoms with Gasteiger partial charge in [-0.1, -0.05) is 0 Å². The smallest absolute Gasteiger partial charge is 0.326 e. The lowest BCUT2D eigenvalue weighted by Gasteiger charge is -2.32. The van der Waals surface area contributed by atoms with Gasteiger partial charge in [0.1, 0.15) is 18.1 Å². The minimum absolute atomic E-state index is 0.256. The van der Waals surface area contributed by atoms with Crippen LogP contribution in [0.15, 0.2) is 12.5 Å². The monoisotopic (exact) mass is 480 g/mol. The molecule has 2 aliphatic heterocycles. The van der Waals surface area contributed by atoms with Gasteiger partial charge in [-0.3, -0.25) is 14.4 Å². The van der Waals surface area contributed by atoms with Gasteiger partial charge in [-0.15, -0.1) is 0 Å². The van der Waals surface area contributed by atoms with Crippen LogP contribution in [-0.4, -0.2) is 97.8 Å². The molecule has 0 spiro atoms. The Balaban J connectivity index is 1.68. The van der Waals surface area contributed by atoms with Gasteiger partial charge in [0.2, 0.25) is 17.7 Å². The van der Waals surface area contributed by atoms with Crippen LogP contribution in [0.5, 0.6) is 0 Å². The van der Waals surface area contributed by atoms with E-state index in [4.69, 9.17) is 5.73 Å². The van der Waals surface area contributed by atoms with E-state index in [1.807, 2.05) is 6.26 Å². The number of likely N-dealkylation sites (tertiary alicyclic amines) is 2. The molecular formula is C21H32N6O5S. The Labute approximate surface area is 196 Å². The van der Waals surface area contributed by atoms with Crippen molar-refractivity contribution in [1.29, 1.82) is 0 Å². The van der Waals surface area contributed by atoms with Crippen LogP contribution in [0.3, 0.4) is 0 Å². The number of imidazole rings is 1. The summed E-state index contributed by atoms with van der Waals surface area (Å²) in [4.78, 5) is 60.5. The zero-order valence-electron chi connectivity index (χ0n) is 18.7. The molecule has 2 fully saturated rings. The van der Waals surface area contributed by atoms with Crippen LogP contribution in [0, 0.1) is 0 Å². The highest BCUT2D eigenvalue weighted by Crippen LogP contribution is 2.26. The highest BCUT2D eigenvalue weighted by molar-refractivity contribution is 7.98. The largest absolute Gasteiger partial charge is 0.480 e. The van der Waals surface area contributed by atoms with Gasteiger partial charge in [-0.05, 0) is 44.1 Å². The van der Waals surface area contributed by atoms with Gasteiger partial charge in [0, 0.05) is 31.4 Å². The Bertz CT molecular complexity index is 850. The van der Waals surface area contributed by atoms with Crippen LogP contribution in [-0.2, 0) is 25.6 Å². The number of nitrogens with zero attached hydrogens (tertiary/aromatic N) is 3. The molecule has 2 aliphatic rings. The number of nitrogens with one attached hydrogen (secondary N) is 2. The molecule has 3 heterocycles. The first-order valence-corrected chi connectivity index (χ1v) is 12.6. The quantitative estimate of drug-likeness (QED) is 0.351. The molecule has 4 atom stereocenters. The Kier molecular flexibility index (Phi) is 8.73. The molecular weight excluding hydrogens is 448 g/mol. The van der Waals surface area contributed by atoms with Crippen LogP contribution in [0.25, 0.3) is 0 Å². The third kappa shape index (κ3) is 6.05. The zero-order valence-corrected chi connectivity index (χ0v) is 19.6. The van der Waals surface area contributed by atoms with Crippen molar-refractivity contribution in [2.24, 2.45) is 5.73 Å². The number of carbonyl (C=O) groups is 4. The first-order chi connectivity index (χ1) is 15.8. The Hall–Kier alpha value is -2.60. The third-order valence-electron chi connectivity index (χ3n) is 6.20. The number of aromatic nitrogens is 2. The predicted octanol–water partition coefficient (Wildman–Crippen LogP) is -0.416. The Morgan fingerprint density at radius 3 is 2.58 bits per heavy atom. The number of thioether (sulfide) groups is 1. The third-order valence-corrected chi connectivity index (χ3v) is 6.84. The van der Waals surface area contributed by atoms with Gasteiger partial charge >= 0.3 is 5.97 Å². The topological polar surface area (TPSA) is 162 Å². The maximum atomic E-state index is 13.4. The molecule has 0 saturated carbocycles. The number of carboxylic acid groups (broad SMARTS) is 1. The summed E-state index contributed by atoms with van der Waals surface area (Å²) < 4.78 is 0. The molecule has 11 nitrogen and oxygen atoms in total. The summed E-state index contributed by atoms with van der Waals surface area (Å²) in [5, 5.41) is 12.2. The van der Waals surface area contributed by atoms with Crippen molar-refractivity contribution < 1.29 is 24.3 Å². The molecule has 4 unspecified atom stereocenters. The fourth-order valence-corrected chi connectivity index (χ4v) is 4.94. The summed E-state index contributed by atoms with van der Waals surface area (Å²) in [6.45, 7) is 0.774. The molecule has 33 heavy (non-hydrogen) atoms. The van der Waals surface area contributed by atoms with Gasteiger partial charge in [-0.2, -0.15) is 11.8 Å². The molecule has 182 valence electrons. The van der Waals surface area contributed by atoms with E-state index in [0.717, 1.165) is 0 Å². The number of rotatable bonds is 10. The molecule has 3 amide bonds. The SMILES string of the molecule is CSCCC(NC(=O)C(N)Cc1cnc[nH]1)C(=O)N1CCCC1C(=O)N1CCCC1C(=O)O. The van der Waals surface area contributed by atoms with Crippen LogP contribution >= 0.6 is 11.8 Å². The van der Waals surface area contributed by atoms with E-state index in [0.29, 0.717) is 56.6 Å². The second-order valence-electron chi connectivity index (χ2n) is 8.45. The van der Waals surface area contributed by atoms with Gasteiger partial charge in [0.25, 0.3) is 0 Å². The van der Waals surface area contributed by atoms with E-state index in [1.54, 1.807) is 18.0 Å². The number of aromatic amines is 1. The molecule has 0 aliphatic carbocycles. The van der Waals surface area contributed by atoms with E-state index in [-0.39, 0.29) is 18.2 Å². The van der Waals surface area contributed by atoms with E-state index in [1.165, 1.54) is 16.1 Å². The van der Waals surface area contributed by atoms with Crippen molar-refractivity contribution in [2.75, 3.05) is 25.1 Å². The first-order valence-electron chi connectivity index (χ1n) is 11.2.